The molecule has 0 aliphatic carbocycles. The minimum Gasteiger partial charge on any atom is -0.379 e. The van der Waals surface area contributed by atoms with Gasteiger partial charge < -0.3 is 10.8 Å². The lowest BCUT2D eigenvalue weighted by Crippen LogP contribution is -2.11. The molecule has 1 atom stereocenters. The largest absolute Gasteiger partial charge is 0.379 e. The van der Waals surface area contributed by atoms with E-state index < -0.39 is 16.3 Å². The van der Waals surface area contributed by atoms with Gasteiger partial charge in [0.1, 0.15) is 4.90 Å². The fourth-order valence-corrected chi connectivity index (χ4v) is 4.22. The van der Waals surface area contributed by atoms with E-state index in [4.69, 9.17) is 9.29 Å². The zero-order chi connectivity index (χ0) is 21.5. The second kappa shape index (κ2) is 14.5. The van der Waals surface area contributed by atoms with Crippen LogP contribution in [0.25, 0.3) is 10.8 Å². The van der Waals surface area contributed by atoms with Crippen molar-refractivity contribution in [3.05, 3.63) is 42.5 Å². The van der Waals surface area contributed by atoms with Gasteiger partial charge in [-0.3, -0.25) is 4.18 Å². The van der Waals surface area contributed by atoms with Crippen molar-refractivity contribution in [2.24, 2.45) is 5.73 Å². The number of aliphatic hydroxyl groups excluding tert-OH is 1. The van der Waals surface area contributed by atoms with Crippen LogP contribution in [0.1, 0.15) is 71.6 Å². The van der Waals surface area contributed by atoms with Crippen LogP contribution in [0.4, 0.5) is 0 Å². The number of hydrogen-bond donors (Lipinski definition) is 2. The normalized spacial score (nSPS) is 12.4. The molecule has 29 heavy (non-hydrogen) atoms. The summed E-state index contributed by atoms with van der Waals surface area (Å²) in [5, 5.41) is 9.47. The molecule has 2 aromatic rings. The lowest BCUT2D eigenvalue weighted by Gasteiger charge is -2.08. The number of aliphatic hydroxyl groups is 1. The highest BCUT2D eigenvalue weighted by Crippen LogP contribution is 2.24. The van der Waals surface area contributed by atoms with Crippen molar-refractivity contribution in [2.45, 2.75) is 82.8 Å². The minimum atomic E-state index is -3.69. The van der Waals surface area contributed by atoms with Crippen LogP contribution in [-0.2, 0) is 14.3 Å². The van der Waals surface area contributed by atoms with Crippen molar-refractivity contribution in [2.75, 3.05) is 6.61 Å². The van der Waals surface area contributed by atoms with Crippen molar-refractivity contribution in [1.82, 2.24) is 0 Å². The first-order valence-electron chi connectivity index (χ1n) is 10.7. The molecule has 0 radical (unpaired) electrons. The van der Waals surface area contributed by atoms with Crippen LogP contribution in [0, 0.1) is 0 Å². The lowest BCUT2D eigenvalue weighted by molar-refractivity contribution is 0.203. The van der Waals surface area contributed by atoms with E-state index in [1.54, 1.807) is 12.1 Å². The average Bonchev–Trinajstić information content (AvgIpc) is 2.68. The van der Waals surface area contributed by atoms with Crippen molar-refractivity contribution in [1.29, 1.82) is 0 Å². The van der Waals surface area contributed by atoms with Crippen molar-refractivity contribution in [3.63, 3.8) is 0 Å². The quantitative estimate of drug-likeness (QED) is 0.272. The predicted molar refractivity (Wildman–Crippen MR) is 120 cm³/mol. The Morgan fingerprint density at radius 3 is 2.03 bits per heavy atom. The van der Waals surface area contributed by atoms with Crippen LogP contribution in [0.15, 0.2) is 47.4 Å². The smallest absolute Gasteiger partial charge is 0.297 e. The third kappa shape index (κ3) is 10.8. The van der Waals surface area contributed by atoms with Gasteiger partial charge in [-0.1, -0.05) is 94.7 Å². The maximum Gasteiger partial charge on any atom is 0.297 e. The zero-order valence-corrected chi connectivity index (χ0v) is 18.7. The molecule has 0 saturated carbocycles. The number of nitrogens with two attached hydrogens (primary N) is 1. The Morgan fingerprint density at radius 1 is 0.897 bits per heavy atom. The molecular weight excluding hydrogens is 386 g/mol. The Kier molecular flexibility index (Phi) is 12.8. The van der Waals surface area contributed by atoms with Crippen molar-refractivity contribution in [3.8, 4) is 0 Å². The SMILES string of the molecule is CC(N)O.CCCCCCCCCCCOS(=O)(=O)c1cccc2ccccc12. The predicted octanol–water partition coefficient (Wildman–Crippen LogP) is 5.36. The molecule has 6 heteroatoms. The summed E-state index contributed by atoms with van der Waals surface area (Å²) in [6.07, 6.45) is 10.1. The maximum atomic E-state index is 12.5. The van der Waals surface area contributed by atoms with Gasteiger partial charge in [0.2, 0.25) is 0 Å². The molecule has 5 nitrogen and oxygen atoms in total. The summed E-state index contributed by atoms with van der Waals surface area (Å²) in [5.74, 6) is 0. The molecular formula is C23H37NO4S. The third-order valence-electron chi connectivity index (χ3n) is 4.51. The second-order valence-corrected chi connectivity index (χ2v) is 8.91. The Hall–Kier alpha value is -1.47. The summed E-state index contributed by atoms with van der Waals surface area (Å²) in [7, 11) is -3.69. The first-order chi connectivity index (χ1) is 13.9. The summed E-state index contributed by atoms with van der Waals surface area (Å²) in [4.78, 5) is 0.265. The van der Waals surface area contributed by atoms with Crippen molar-refractivity contribution < 1.29 is 17.7 Å². The molecule has 2 rings (SSSR count). The highest BCUT2D eigenvalue weighted by Gasteiger charge is 2.17. The summed E-state index contributed by atoms with van der Waals surface area (Å²) in [6, 6.07) is 12.8. The van der Waals surface area contributed by atoms with Crippen LogP contribution in [-0.4, -0.2) is 26.4 Å². The molecule has 0 aromatic heterocycles. The Labute approximate surface area is 176 Å². The summed E-state index contributed by atoms with van der Waals surface area (Å²) in [6.45, 7) is 3.99. The molecule has 0 spiro atoms. The van der Waals surface area contributed by atoms with Crippen LogP contribution < -0.4 is 5.73 Å². The Morgan fingerprint density at radius 2 is 1.41 bits per heavy atom. The fraction of sp³-hybridized carbons (Fsp3) is 0.565. The van der Waals surface area contributed by atoms with Crippen LogP contribution in [0.3, 0.4) is 0 Å². The van der Waals surface area contributed by atoms with E-state index in [1.807, 2.05) is 30.3 Å². The molecule has 1 unspecified atom stereocenters. The van der Waals surface area contributed by atoms with Gasteiger partial charge >= 0.3 is 0 Å². The number of rotatable bonds is 12. The van der Waals surface area contributed by atoms with E-state index in [0.717, 1.165) is 30.0 Å². The zero-order valence-electron chi connectivity index (χ0n) is 17.8. The van der Waals surface area contributed by atoms with Crippen LogP contribution >= 0.6 is 0 Å². The average molecular weight is 424 g/mol. The molecule has 164 valence electrons. The first kappa shape index (κ1) is 25.6. The van der Waals surface area contributed by atoms with Gasteiger partial charge in [0.15, 0.2) is 0 Å². The van der Waals surface area contributed by atoms with Gasteiger partial charge in [-0.25, -0.2) is 0 Å². The molecule has 0 aliphatic heterocycles. The third-order valence-corrected chi connectivity index (χ3v) is 5.88. The molecule has 2 aromatic carbocycles. The highest BCUT2D eigenvalue weighted by atomic mass is 32.2. The highest BCUT2D eigenvalue weighted by molar-refractivity contribution is 7.87. The van der Waals surface area contributed by atoms with Crippen LogP contribution in [0.5, 0.6) is 0 Å². The number of benzene rings is 2. The van der Waals surface area contributed by atoms with Crippen LogP contribution in [0.2, 0.25) is 0 Å². The topological polar surface area (TPSA) is 89.6 Å². The molecule has 0 fully saturated rings. The van der Waals surface area contributed by atoms with Gasteiger partial charge in [-0.15, -0.1) is 0 Å². The van der Waals surface area contributed by atoms with E-state index in [0.29, 0.717) is 0 Å². The summed E-state index contributed by atoms with van der Waals surface area (Å²) < 4.78 is 30.2. The van der Waals surface area contributed by atoms with Gasteiger partial charge in [-0.2, -0.15) is 8.42 Å². The molecule has 0 amide bonds. The molecule has 3 N–H and O–H groups in total. The van der Waals surface area contributed by atoms with E-state index in [-0.39, 0.29) is 11.5 Å². The standard InChI is InChI=1S/C21H30O3S.C2H7NO/c1-2-3-4-5-6-7-8-9-12-18-24-25(22,23)21-17-13-15-19-14-10-11-16-20(19)21;1-2(3)4/h10-11,13-17H,2-9,12,18H2,1H3;2,4H,3H2,1H3. The van der Waals surface area contributed by atoms with Gasteiger partial charge in [0.25, 0.3) is 10.1 Å². The number of fused-ring (bicyclic) bond motifs is 1. The molecule has 0 heterocycles. The monoisotopic (exact) mass is 423 g/mol. The molecule has 0 saturated heterocycles. The summed E-state index contributed by atoms with van der Waals surface area (Å²) >= 11 is 0. The van der Waals surface area contributed by atoms with E-state index in [1.165, 1.54) is 45.4 Å². The van der Waals surface area contributed by atoms with Gasteiger partial charge in [-0.05, 0) is 24.8 Å². The van der Waals surface area contributed by atoms with E-state index in [2.05, 4.69) is 12.7 Å². The Balaban J connectivity index is 0.000000960. The Bertz CT molecular complexity index is 782. The van der Waals surface area contributed by atoms with Crippen molar-refractivity contribution >= 4 is 20.9 Å². The van der Waals surface area contributed by atoms with E-state index in [9.17, 15) is 8.42 Å². The molecule has 0 bridgehead atoms. The molecule has 0 aliphatic rings. The first-order valence-corrected chi connectivity index (χ1v) is 12.1. The van der Waals surface area contributed by atoms with Gasteiger partial charge in [0.05, 0.1) is 12.8 Å². The lowest BCUT2D eigenvalue weighted by atomic mass is 10.1. The number of unbranched alkanes of at least 4 members (excludes halogenated alkanes) is 8. The minimum absolute atomic E-state index is 0.265. The fourth-order valence-electron chi connectivity index (χ4n) is 3.06. The summed E-state index contributed by atoms with van der Waals surface area (Å²) in [5.41, 5.74) is 4.67. The van der Waals surface area contributed by atoms with E-state index >= 15 is 0 Å². The second-order valence-electron chi connectivity index (χ2n) is 7.32. The maximum absolute atomic E-state index is 12.5. The van der Waals surface area contributed by atoms with Gasteiger partial charge in [0, 0.05) is 5.39 Å². The number of hydrogen-bond acceptors (Lipinski definition) is 5.